The molecule has 0 amide bonds. The van der Waals surface area contributed by atoms with Crippen LogP contribution in [0.3, 0.4) is 0 Å². The molecule has 0 saturated heterocycles. The van der Waals surface area contributed by atoms with Crippen molar-refractivity contribution in [2.75, 3.05) is 7.11 Å². The minimum atomic E-state index is 0.512. The minimum Gasteiger partial charge on any atom is -0.496 e. The highest BCUT2D eigenvalue weighted by Crippen LogP contribution is 2.37. The molecule has 20 heavy (non-hydrogen) atoms. The summed E-state index contributed by atoms with van der Waals surface area (Å²) in [6.07, 6.45) is 1.81. The monoisotopic (exact) mass is 286 g/mol. The number of fused-ring (bicyclic) bond motifs is 1. The van der Waals surface area contributed by atoms with E-state index in [1.165, 1.54) is 5.56 Å². The Balaban J connectivity index is 2.37. The number of benzene rings is 1. The Kier molecular flexibility index (Phi) is 3.14. The summed E-state index contributed by atoms with van der Waals surface area (Å²) in [5, 5.41) is 1.63. The van der Waals surface area contributed by atoms with Gasteiger partial charge in [-0.15, -0.1) is 0 Å². The average Bonchev–Trinajstić information content (AvgIpc) is 2.70. The number of aryl methyl sites for hydroxylation is 2. The summed E-state index contributed by atoms with van der Waals surface area (Å²) in [5.74, 6) is 0.862. The molecule has 0 aliphatic rings. The molecule has 0 fully saturated rings. The van der Waals surface area contributed by atoms with Gasteiger partial charge in [0.05, 0.1) is 24.5 Å². The Bertz CT molecular complexity index is 793. The second-order valence-corrected chi connectivity index (χ2v) is 5.14. The number of rotatable bonds is 2. The molecule has 2 aromatic heterocycles. The first-order chi connectivity index (χ1) is 9.63. The van der Waals surface area contributed by atoms with Crippen molar-refractivity contribution in [1.29, 1.82) is 0 Å². The Labute approximate surface area is 122 Å². The lowest BCUT2D eigenvalue weighted by atomic mass is 10.1. The molecule has 0 radical (unpaired) electrons. The topological polar surface area (TPSA) is 27.1 Å². The maximum Gasteiger partial charge on any atom is 0.129 e. The predicted octanol–water partition coefficient (Wildman–Crippen LogP) is 4.21. The number of halogens is 1. The van der Waals surface area contributed by atoms with E-state index in [1.807, 2.05) is 37.5 Å². The first-order valence-electron chi connectivity index (χ1n) is 6.37. The third-order valence-electron chi connectivity index (χ3n) is 3.67. The van der Waals surface area contributed by atoms with Gasteiger partial charge in [-0.1, -0.05) is 23.7 Å². The van der Waals surface area contributed by atoms with Crippen molar-refractivity contribution in [3.8, 4) is 17.0 Å². The number of hydrogen-bond donors (Lipinski definition) is 0. The van der Waals surface area contributed by atoms with Gasteiger partial charge < -0.3 is 9.30 Å². The molecule has 3 rings (SSSR count). The molecule has 0 spiro atoms. The van der Waals surface area contributed by atoms with Crippen molar-refractivity contribution in [3.05, 3.63) is 47.2 Å². The molecule has 0 saturated carbocycles. The van der Waals surface area contributed by atoms with Crippen molar-refractivity contribution >= 4 is 22.5 Å². The van der Waals surface area contributed by atoms with Crippen LogP contribution in [0.2, 0.25) is 5.15 Å². The van der Waals surface area contributed by atoms with Crippen molar-refractivity contribution in [1.82, 2.24) is 9.55 Å². The van der Waals surface area contributed by atoms with Crippen LogP contribution in [0.25, 0.3) is 22.2 Å². The van der Waals surface area contributed by atoms with Crippen LogP contribution in [0.1, 0.15) is 5.56 Å². The summed E-state index contributed by atoms with van der Waals surface area (Å²) in [6.45, 7) is 2.10. The van der Waals surface area contributed by atoms with Crippen LogP contribution in [0.15, 0.2) is 36.5 Å². The summed E-state index contributed by atoms with van der Waals surface area (Å²) in [5.41, 5.74) is 4.44. The molecule has 0 bridgehead atoms. The van der Waals surface area contributed by atoms with E-state index in [2.05, 4.69) is 22.5 Å². The quantitative estimate of drug-likeness (QED) is 0.660. The smallest absolute Gasteiger partial charge is 0.129 e. The maximum atomic E-state index is 6.01. The number of hydrogen-bond acceptors (Lipinski definition) is 2. The molecule has 3 aromatic rings. The van der Waals surface area contributed by atoms with Gasteiger partial charge in [0.25, 0.3) is 0 Å². The van der Waals surface area contributed by atoms with Crippen LogP contribution in [-0.4, -0.2) is 16.7 Å². The summed E-state index contributed by atoms with van der Waals surface area (Å²) in [7, 11) is 3.72. The van der Waals surface area contributed by atoms with Gasteiger partial charge in [0.15, 0.2) is 0 Å². The molecule has 2 heterocycles. The van der Waals surface area contributed by atoms with E-state index in [9.17, 15) is 0 Å². The summed E-state index contributed by atoms with van der Waals surface area (Å²) in [4.78, 5) is 4.17. The fourth-order valence-corrected chi connectivity index (χ4v) is 2.87. The standard InChI is InChI=1S/C16H15ClN2O/c1-10-12-8-15(17)18-9-13(12)19(2)16(10)11-6-4-5-7-14(11)20-3/h4-9H,1-3H3. The van der Waals surface area contributed by atoms with E-state index in [-0.39, 0.29) is 0 Å². The number of pyridine rings is 1. The lowest BCUT2D eigenvalue weighted by Gasteiger charge is -2.10. The lowest BCUT2D eigenvalue weighted by molar-refractivity contribution is 0.416. The van der Waals surface area contributed by atoms with Crippen molar-refractivity contribution in [2.24, 2.45) is 7.05 Å². The first-order valence-corrected chi connectivity index (χ1v) is 6.75. The zero-order valence-corrected chi connectivity index (χ0v) is 12.4. The molecular formula is C16H15ClN2O. The Hall–Kier alpha value is -2.00. The van der Waals surface area contributed by atoms with Gasteiger partial charge in [0.2, 0.25) is 0 Å². The molecule has 4 heteroatoms. The van der Waals surface area contributed by atoms with Gasteiger partial charge in [0.1, 0.15) is 10.9 Å². The van der Waals surface area contributed by atoms with Gasteiger partial charge in [0, 0.05) is 18.0 Å². The second kappa shape index (κ2) is 4.84. The fourth-order valence-electron chi connectivity index (χ4n) is 2.71. The third kappa shape index (κ3) is 1.86. The van der Waals surface area contributed by atoms with Crippen LogP contribution < -0.4 is 4.74 Å². The van der Waals surface area contributed by atoms with Crippen molar-refractivity contribution in [3.63, 3.8) is 0 Å². The third-order valence-corrected chi connectivity index (χ3v) is 3.87. The summed E-state index contributed by atoms with van der Waals surface area (Å²) < 4.78 is 7.61. The Morgan fingerprint density at radius 3 is 2.75 bits per heavy atom. The number of para-hydroxylation sites is 1. The molecular weight excluding hydrogens is 272 g/mol. The van der Waals surface area contributed by atoms with Gasteiger partial charge >= 0.3 is 0 Å². The van der Waals surface area contributed by atoms with Crippen LogP contribution in [-0.2, 0) is 7.05 Å². The highest BCUT2D eigenvalue weighted by molar-refractivity contribution is 6.30. The molecule has 0 aliphatic heterocycles. The lowest BCUT2D eigenvalue weighted by Crippen LogP contribution is -1.95. The van der Waals surface area contributed by atoms with E-state index in [1.54, 1.807) is 7.11 Å². The van der Waals surface area contributed by atoms with E-state index >= 15 is 0 Å². The highest BCUT2D eigenvalue weighted by Gasteiger charge is 2.16. The fraction of sp³-hybridized carbons (Fsp3) is 0.188. The molecule has 3 nitrogen and oxygen atoms in total. The molecule has 0 N–H and O–H groups in total. The Morgan fingerprint density at radius 2 is 2.00 bits per heavy atom. The first kappa shape index (κ1) is 13.0. The highest BCUT2D eigenvalue weighted by atomic mass is 35.5. The SMILES string of the molecule is COc1ccccc1-c1c(C)c2cc(Cl)ncc2n1C. The Morgan fingerprint density at radius 1 is 1.25 bits per heavy atom. The number of ether oxygens (including phenoxy) is 1. The van der Waals surface area contributed by atoms with Gasteiger partial charge in [-0.3, -0.25) is 0 Å². The van der Waals surface area contributed by atoms with Gasteiger partial charge in [-0.25, -0.2) is 4.98 Å². The van der Waals surface area contributed by atoms with Crippen LogP contribution in [0.5, 0.6) is 5.75 Å². The average molecular weight is 287 g/mol. The van der Waals surface area contributed by atoms with E-state index in [4.69, 9.17) is 16.3 Å². The molecule has 0 aliphatic carbocycles. The number of aromatic nitrogens is 2. The van der Waals surface area contributed by atoms with Crippen LogP contribution >= 0.6 is 11.6 Å². The summed E-state index contributed by atoms with van der Waals surface area (Å²) in [6, 6.07) is 9.93. The molecule has 1 aromatic carbocycles. The largest absolute Gasteiger partial charge is 0.496 e. The number of methoxy groups -OCH3 is 1. The van der Waals surface area contributed by atoms with E-state index in [0.29, 0.717) is 5.15 Å². The molecule has 0 unspecified atom stereocenters. The number of nitrogens with zero attached hydrogens (tertiary/aromatic N) is 2. The van der Waals surface area contributed by atoms with Crippen molar-refractivity contribution in [2.45, 2.75) is 6.92 Å². The van der Waals surface area contributed by atoms with Crippen LogP contribution in [0, 0.1) is 6.92 Å². The van der Waals surface area contributed by atoms with Gasteiger partial charge in [-0.05, 0) is 30.7 Å². The van der Waals surface area contributed by atoms with Crippen LogP contribution in [0.4, 0.5) is 0 Å². The van der Waals surface area contributed by atoms with Crippen molar-refractivity contribution < 1.29 is 4.74 Å². The normalized spacial score (nSPS) is 11.0. The molecule has 102 valence electrons. The predicted molar refractivity (Wildman–Crippen MR) is 82.4 cm³/mol. The zero-order chi connectivity index (χ0) is 14.3. The maximum absolute atomic E-state index is 6.01. The van der Waals surface area contributed by atoms with Gasteiger partial charge in [-0.2, -0.15) is 0 Å². The molecule has 0 atom stereocenters. The van der Waals surface area contributed by atoms with E-state index in [0.717, 1.165) is 27.9 Å². The minimum absolute atomic E-state index is 0.512. The zero-order valence-electron chi connectivity index (χ0n) is 11.6. The van der Waals surface area contributed by atoms with E-state index < -0.39 is 0 Å². The summed E-state index contributed by atoms with van der Waals surface area (Å²) >= 11 is 6.01. The second-order valence-electron chi connectivity index (χ2n) is 4.76.